The van der Waals surface area contributed by atoms with E-state index in [0.29, 0.717) is 42.7 Å². The summed E-state index contributed by atoms with van der Waals surface area (Å²) in [4.78, 5) is 15.4. The van der Waals surface area contributed by atoms with E-state index in [0.717, 1.165) is 0 Å². The molecular weight excluding hydrogens is 539 g/mol. The van der Waals surface area contributed by atoms with Gasteiger partial charge in [0.2, 0.25) is 5.88 Å². The molecule has 2 aromatic heterocycles. The van der Waals surface area contributed by atoms with Gasteiger partial charge in [0, 0.05) is 6.54 Å². The van der Waals surface area contributed by atoms with Gasteiger partial charge in [0.05, 0.1) is 13.2 Å². The van der Waals surface area contributed by atoms with Gasteiger partial charge in [-0.15, -0.1) is 0 Å². The molecule has 0 bridgehead atoms. The minimum atomic E-state index is -2.70. The number of rotatable bonds is 7. The number of benzene rings is 2. The Morgan fingerprint density at radius 3 is 2.24 bits per heavy atom. The predicted octanol–water partition coefficient (Wildman–Crippen LogP) is 5.31. The summed E-state index contributed by atoms with van der Waals surface area (Å²) >= 11 is 7.41. The molecule has 0 saturated heterocycles. The normalized spacial score (nSPS) is 13.9. The highest BCUT2D eigenvalue weighted by Gasteiger charge is 2.50. The molecule has 0 aliphatic carbocycles. The van der Waals surface area contributed by atoms with Gasteiger partial charge in [0.25, 0.3) is 8.32 Å². The van der Waals surface area contributed by atoms with Crippen molar-refractivity contribution in [3.63, 3.8) is 0 Å². The Morgan fingerprint density at radius 2 is 1.66 bits per heavy atom. The Labute approximate surface area is 232 Å². The average Bonchev–Trinajstić information content (AvgIpc) is 3.09. The van der Waals surface area contributed by atoms with Crippen LogP contribution in [0.25, 0.3) is 10.9 Å². The second-order valence-corrected chi connectivity index (χ2v) is 15.6. The van der Waals surface area contributed by atoms with Crippen LogP contribution in [0.1, 0.15) is 20.8 Å². The lowest BCUT2D eigenvalue weighted by Gasteiger charge is -2.43. The van der Waals surface area contributed by atoms with E-state index >= 15 is 4.39 Å². The number of halogens is 2. The first-order valence-electron chi connectivity index (χ1n) is 12.5. The summed E-state index contributed by atoms with van der Waals surface area (Å²) in [6.07, 6.45) is 1.86. The first kappa shape index (κ1) is 26.9. The fourth-order valence-corrected chi connectivity index (χ4v) is 10.2. The molecule has 3 heterocycles. The first-order valence-corrected chi connectivity index (χ1v) is 16.0. The molecule has 1 aliphatic heterocycles. The van der Waals surface area contributed by atoms with Gasteiger partial charge >= 0.3 is 0 Å². The third kappa shape index (κ3) is 4.77. The first-order chi connectivity index (χ1) is 18.3. The molecule has 5 rings (SSSR count). The van der Waals surface area contributed by atoms with Crippen LogP contribution >= 0.6 is 23.4 Å². The Morgan fingerprint density at radius 1 is 1.03 bits per heavy atom. The number of aromatic nitrogens is 3. The summed E-state index contributed by atoms with van der Waals surface area (Å²) < 4.78 is 28.0. The lowest BCUT2D eigenvalue weighted by Crippen LogP contribution is -2.67. The Hall–Kier alpha value is -2.72. The van der Waals surface area contributed by atoms with Crippen LogP contribution in [-0.2, 0) is 4.43 Å². The van der Waals surface area contributed by atoms with Gasteiger partial charge in [0.1, 0.15) is 23.3 Å². The molecule has 0 unspecified atom stereocenters. The topological polar surface area (TPSA) is 60.4 Å². The number of thioether (sulfide) groups is 1. The summed E-state index contributed by atoms with van der Waals surface area (Å²) in [6, 6.07) is 21.1. The van der Waals surface area contributed by atoms with E-state index in [1.54, 1.807) is 0 Å². The van der Waals surface area contributed by atoms with Gasteiger partial charge in [-0.05, 0) is 21.7 Å². The van der Waals surface area contributed by atoms with Crippen LogP contribution in [0.2, 0.25) is 10.2 Å². The van der Waals surface area contributed by atoms with Gasteiger partial charge in [-0.3, -0.25) is 0 Å². The third-order valence-electron chi connectivity index (χ3n) is 6.85. The Balaban J connectivity index is 1.54. The standard InChI is InChI=1S/C28H30ClFN4O2SSi/c1-28(2,3)38(19-11-7-5-8-12-19,20-13-9-6-10-14-20)36-18-16-34-15-17-35-26-21-23(22(30)24(29)32-26)31-27(37-4)33-25(21)34/h5-14H,15-18H2,1-4H3. The molecule has 0 radical (unpaired) electrons. The van der Waals surface area contributed by atoms with E-state index in [2.05, 4.69) is 84.2 Å². The number of nitrogens with zero attached hydrogens (tertiary/aromatic N) is 4. The molecule has 4 aromatic rings. The van der Waals surface area contributed by atoms with E-state index in [-0.39, 0.29) is 21.6 Å². The van der Waals surface area contributed by atoms with Crippen LogP contribution in [0.4, 0.5) is 10.2 Å². The van der Waals surface area contributed by atoms with Crippen LogP contribution in [-0.4, -0.2) is 55.8 Å². The van der Waals surface area contributed by atoms with Crippen LogP contribution < -0.4 is 20.0 Å². The summed E-state index contributed by atoms with van der Waals surface area (Å²) in [7, 11) is -2.70. The summed E-state index contributed by atoms with van der Waals surface area (Å²) in [6.45, 7) is 8.65. The van der Waals surface area contributed by atoms with Crippen molar-refractivity contribution in [2.24, 2.45) is 0 Å². The summed E-state index contributed by atoms with van der Waals surface area (Å²) in [5, 5.41) is 2.94. The van der Waals surface area contributed by atoms with Crippen molar-refractivity contribution < 1.29 is 13.6 Å². The number of hydrogen-bond donors (Lipinski definition) is 0. The van der Waals surface area contributed by atoms with Gasteiger partial charge in [-0.1, -0.05) is 105 Å². The van der Waals surface area contributed by atoms with Gasteiger partial charge in [-0.2, -0.15) is 4.98 Å². The number of pyridine rings is 1. The maximum Gasteiger partial charge on any atom is 0.261 e. The molecule has 10 heteroatoms. The van der Waals surface area contributed by atoms with E-state index in [1.165, 1.54) is 22.1 Å². The van der Waals surface area contributed by atoms with E-state index in [4.69, 9.17) is 25.7 Å². The third-order valence-corrected chi connectivity index (χ3v) is 12.7. The zero-order valence-corrected chi connectivity index (χ0v) is 24.4. The highest BCUT2D eigenvalue weighted by molar-refractivity contribution is 7.98. The van der Waals surface area contributed by atoms with Crippen molar-refractivity contribution in [2.75, 3.05) is 37.5 Å². The highest BCUT2D eigenvalue weighted by atomic mass is 35.5. The molecule has 0 saturated carbocycles. The SMILES string of the molecule is CSc1nc2c3c(nc(Cl)c(F)c3n1)OCCN2CCO[Si](c1ccccc1)(c1ccccc1)C(C)(C)C. The molecule has 1 aliphatic rings. The molecule has 0 atom stereocenters. The average molecular weight is 569 g/mol. The van der Waals surface area contributed by atoms with E-state index in [1.807, 2.05) is 18.4 Å². The van der Waals surface area contributed by atoms with E-state index in [9.17, 15) is 0 Å². The van der Waals surface area contributed by atoms with Crippen molar-refractivity contribution in [1.82, 2.24) is 15.0 Å². The predicted molar refractivity (Wildman–Crippen MR) is 155 cm³/mol. The smallest absolute Gasteiger partial charge is 0.261 e. The maximum atomic E-state index is 15.0. The van der Waals surface area contributed by atoms with Gasteiger partial charge in [-0.25, -0.2) is 14.4 Å². The van der Waals surface area contributed by atoms with Gasteiger partial charge in [0.15, 0.2) is 16.1 Å². The molecule has 0 fully saturated rings. The Kier molecular flexibility index (Phi) is 7.64. The van der Waals surface area contributed by atoms with Gasteiger partial charge < -0.3 is 14.1 Å². The Bertz CT molecular complexity index is 1400. The molecule has 38 heavy (non-hydrogen) atoms. The molecule has 2 aromatic carbocycles. The lowest BCUT2D eigenvalue weighted by molar-refractivity contribution is 0.292. The van der Waals surface area contributed by atoms with Crippen LogP contribution in [0, 0.1) is 5.82 Å². The highest BCUT2D eigenvalue weighted by Crippen LogP contribution is 2.39. The van der Waals surface area contributed by atoms with Crippen LogP contribution in [0.3, 0.4) is 0 Å². The minimum Gasteiger partial charge on any atom is -0.475 e. The molecule has 0 amide bonds. The van der Waals surface area contributed by atoms with Crippen molar-refractivity contribution in [1.29, 1.82) is 0 Å². The molecule has 198 valence electrons. The second kappa shape index (κ2) is 10.8. The second-order valence-electron chi connectivity index (χ2n) is 10.1. The van der Waals surface area contributed by atoms with E-state index < -0.39 is 14.1 Å². The molecular formula is C28H30ClFN4O2SSi. The zero-order chi connectivity index (χ0) is 26.9. The fraction of sp³-hybridized carbons (Fsp3) is 0.321. The van der Waals surface area contributed by atoms with Crippen LogP contribution in [0.5, 0.6) is 5.88 Å². The number of ether oxygens (including phenoxy) is 1. The monoisotopic (exact) mass is 568 g/mol. The number of anilines is 1. The van der Waals surface area contributed by atoms with Crippen molar-refractivity contribution in [3.05, 3.63) is 71.6 Å². The molecule has 0 spiro atoms. The number of hydrogen-bond acceptors (Lipinski definition) is 7. The quantitative estimate of drug-likeness (QED) is 0.129. The largest absolute Gasteiger partial charge is 0.475 e. The molecule has 0 N–H and O–H groups in total. The molecule has 6 nitrogen and oxygen atoms in total. The van der Waals surface area contributed by atoms with Crippen molar-refractivity contribution in [2.45, 2.75) is 31.0 Å². The minimum absolute atomic E-state index is 0.120. The maximum absolute atomic E-state index is 15.0. The zero-order valence-electron chi connectivity index (χ0n) is 21.9. The van der Waals surface area contributed by atoms with Crippen molar-refractivity contribution in [3.8, 4) is 5.88 Å². The summed E-state index contributed by atoms with van der Waals surface area (Å²) in [5.74, 6) is 0.170. The summed E-state index contributed by atoms with van der Waals surface area (Å²) in [5.41, 5.74) is 0.120. The lowest BCUT2D eigenvalue weighted by atomic mass is 10.2. The fourth-order valence-electron chi connectivity index (χ4n) is 5.15. The van der Waals surface area contributed by atoms with Crippen molar-refractivity contribution >= 4 is 58.8 Å². The van der Waals surface area contributed by atoms with Crippen LogP contribution in [0.15, 0.2) is 65.8 Å².